The standard InChI is InChI=1S/C24H17OP/c25-26-18-7-5-6-16(14-18)17-12-13-23-21-10-2-1-8-19(21)20-9-3-4-11-22(20)24(23)15-17/h1-15,25-26H. The van der Waals surface area contributed by atoms with Crippen molar-refractivity contribution in [3.8, 4) is 11.1 Å². The van der Waals surface area contributed by atoms with Gasteiger partial charge in [-0.3, -0.25) is 0 Å². The topological polar surface area (TPSA) is 20.2 Å². The molecule has 5 aromatic carbocycles. The van der Waals surface area contributed by atoms with Gasteiger partial charge in [-0.05, 0) is 60.9 Å². The molecule has 0 amide bonds. The van der Waals surface area contributed by atoms with E-state index < -0.39 is 0 Å². The van der Waals surface area contributed by atoms with Gasteiger partial charge in [-0.2, -0.15) is 0 Å². The van der Waals surface area contributed by atoms with Crippen LogP contribution >= 0.6 is 8.81 Å². The maximum Gasteiger partial charge on any atom is 0.0420 e. The lowest BCUT2D eigenvalue weighted by Gasteiger charge is -2.12. The van der Waals surface area contributed by atoms with Gasteiger partial charge in [0.2, 0.25) is 0 Å². The number of hydrogen-bond acceptors (Lipinski definition) is 1. The second kappa shape index (κ2) is 6.21. The Labute approximate surface area is 153 Å². The Morgan fingerprint density at radius 1 is 0.462 bits per heavy atom. The molecule has 0 aliphatic carbocycles. The summed E-state index contributed by atoms with van der Waals surface area (Å²) in [6, 6.07) is 32.1. The van der Waals surface area contributed by atoms with Crippen LogP contribution in [0.2, 0.25) is 0 Å². The van der Waals surface area contributed by atoms with Gasteiger partial charge in [0.1, 0.15) is 0 Å². The zero-order valence-electron chi connectivity index (χ0n) is 14.1. The smallest absolute Gasteiger partial charge is 0.0420 e. The Hall–Kier alpha value is -2.73. The van der Waals surface area contributed by atoms with Crippen LogP contribution in [0.1, 0.15) is 0 Å². The van der Waals surface area contributed by atoms with E-state index in [2.05, 4.69) is 78.9 Å². The van der Waals surface area contributed by atoms with Crippen molar-refractivity contribution in [3.05, 3.63) is 91.0 Å². The Balaban J connectivity index is 1.88. The molecule has 1 nitrogen and oxygen atoms in total. The fourth-order valence-electron chi connectivity index (χ4n) is 3.86. The summed E-state index contributed by atoms with van der Waals surface area (Å²) in [5.41, 5.74) is 2.32. The molecule has 0 radical (unpaired) electrons. The van der Waals surface area contributed by atoms with Gasteiger partial charge in [0.05, 0.1) is 0 Å². The highest BCUT2D eigenvalue weighted by atomic mass is 31.1. The number of benzene rings is 5. The van der Waals surface area contributed by atoms with Gasteiger partial charge in [-0.1, -0.05) is 78.9 Å². The van der Waals surface area contributed by atoms with Crippen molar-refractivity contribution in [3.63, 3.8) is 0 Å². The van der Waals surface area contributed by atoms with Crippen LogP contribution in [0.4, 0.5) is 0 Å². The minimum absolute atomic E-state index is 0.176. The van der Waals surface area contributed by atoms with Gasteiger partial charge in [-0.15, -0.1) is 0 Å². The quantitative estimate of drug-likeness (QED) is 0.304. The summed E-state index contributed by atoms with van der Waals surface area (Å²) in [4.78, 5) is 9.47. The van der Waals surface area contributed by atoms with Crippen molar-refractivity contribution in [2.45, 2.75) is 0 Å². The van der Waals surface area contributed by atoms with Crippen molar-refractivity contribution >= 4 is 46.4 Å². The lowest BCUT2D eigenvalue weighted by atomic mass is 9.92. The number of hydrogen-bond donors (Lipinski definition) is 1. The molecule has 2 heteroatoms. The third-order valence-electron chi connectivity index (χ3n) is 5.07. The molecule has 0 fully saturated rings. The van der Waals surface area contributed by atoms with Gasteiger partial charge >= 0.3 is 0 Å². The van der Waals surface area contributed by atoms with Gasteiger partial charge in [0.15, 0.2) is 0 Å². The fraction of sp³-hybridized carbons (Fsp3) is 0. The summed E-state index contributed by atoms with van der Waals surface area (Å²) in [6.07, 6.45) is 0. The average molecular weight is 352 g/mol. The molecule has 26 heavy (non-hydrogen) atoms. The largest absolute Gasteiger partial charge is 0.372 e. The molecule has 1 atom stereocenters. The molecule has 0 saturated heterocycles. The van der Waals surface area contributed by atoms with Gasteiger partial charge in [0, 0.05) is 8.81 Å². The molecule has 5 aromatic rings. The van der Waals surface area contributed by atoms with E-state index in [1.165, 1.54) is 37.9 Å². The highest BCUT2D eigenvalue weighted by molar-refractivity contribution is 7.40. The van der Waals surface area contributed by atoms with Gasteiger partial charge in [-0.25, -0.2) is 0 Å². The van der Waals surface area contributed by atoms with Crippen LogP contribution in [0.25, 0.3) is 43.4 Å². The van der Waals surface area contributed by atoms with Gasteiger partial charge < -0.3 is 4.89 Å². The van der Waals surface area contributed by atoms with E-state index in [4.69, 9.17) is 0 Å². The zero-order valence-corrected chi connectivity index (χ0v) is 15.1. The van der Waals surface area contributed by atoms with E-state index in [-0.39, 0.29) is 8.81 Å². The highest BCUT2D eigenvalue weighted by Gasteiger charge is 2.09. The summed E-state index contributed by atoms with van der Waals surface area (Å²) in [5, 5.41) is 8.68. The van der Waals surface area contributed by atoms with Crippen LogP contribution in [0, 0.1) is 0 Å². The summed E-state index contributed by atoms with van der Waals surface area (Å²) in [6.45, 7) is 0. The molecule has 0 saturated carbocycles. The fourth-order valence-corrected chi connectivity index (χ4v) is 4.25. The zero-order chi connectivity index (χ0) is 17.5. The Morgan fingerprint density at radius 2 is 1.00 bits per heavy atom. The van der Waals surface area contributed by atoms with Gasteiger partial charge in [0.25, 0.3) is 0 Å². The van der Waals surface area contributed by atoms with Crippen LogP contribution < -0.4 is 5.30 Å². The van der Waals surface area contributed by atoms with Crippen molar-refractivity contribution in [2.75, 3.05) is 0 Å². The maximum atomic E-state index is 9.47. The lowest BCUT2D eigenvalue weighted by Crippen LogP contribution is -1.93. The minimum atomic E-state index is -0.176. The van der Waals surface area contributed by atoms with Crippen molar-refractivity contribution < 1.29 is 4.89 Å². The molecule has 1 unspecified atom stereocenters. The molecule has 0 bridgehead atoms. The second-order valence-corrected chi connectivity index (χ2v) is 7.35. The second-order valence-electron chi connectivity index (χ2n) is 6.54. The molecule has 0 aliphatic rings. The summed E-state index contributed by atoms with van der Waals surface area (Å²) >= 11 is 0. The third-order valence-corrected chi connectivity index (χ3v) is 5.64. The van der Waals surface area contributed by atoms with E-state index in [1.54, 1.807) is 0 Å². The molecule has 0 heterocycles. The first-order valence-electron chi connectivity index (χ1n) is 8.69. The molecule has 5 rings (SSSR count). The van der Waals surface area contributed by atoms with Crippen LogP contribution in [-0.4, -0.2) is 4.89 Å². The van der Waals surface area contributed by atoms with Crippen LogP contribution in [0.3, 0.4) is 0 Å². The normalized spacial score (nSPS) is 11.9. The Kier molecular flexibility index (Phi) is 3.71. The van der Waals surface area contributed by atoms with E-state index in [1.807, 2.05) is 12.1 Å². The van der Waals surface area contributed by atoms with E-state index in [0.717, 1.165) is 10.9 Å². The summed E-state index contributed by atoms with van der Waals surface area (Å²) in [5.74, 6) is 0. The summed E-state index contributed by atoms with van der Waals surface area (Å²) in [7, 11) is -0.176. The SMILES string of the molecule is OPc1cccc(-c2ccc3c4ccccc4c4ccccc4c3c2)c1. The Morgan fingerprint density at radius 3 is 1.62 bits per heavy atom. The van der Waals surface area contributed by atoms with Crippen LogP contribution in [0.15, 0.2) is 91.0 Å². The molecule has 124 valence electrons. The monoisotopic (exact) mass is 352 g/mol. The number of fused-ring (bicyclic) bond motifs is 6. The van der Waals surface area contributed by atoms with E-state index in [9.17, 15) is 4.89 Å². The summed E-state index contributed by atoms with van der Waals surface area (Å²) < 4.78 is 0. The van der Waals surface area contributed by atoms with Crippen molar-refractivity contribution in [2.24, 2.45) is 0 Å². The Bertz CT molecular complexity index is 1240. The van der Waals surface area contributed by atoms with Crippen molar-refractivity contribution in [1.82, 2.24) is 0 Å². The molecule has 0 aliphatic heterocycles. The predicted octanol–water partition coefficient (Wildman–Crippen LogP) is 6.02. The predicted molar refractivity (Wildman–Crippen MR) is 115 cm³/mol. The maximum absolute atomic E-state index is 9.47. The van der Waals surface area contributed by atoms with Crippen LogP contribution in [-0.2, 0) is 0 Å². The molecule has 0 aromatic heterocycles. The minimum Gasteiger partial charge on any atom is -0.372 e. The van der Waals surface area contributed by atoms with Crippen LogP contribution in [0.5, 0.6) is 0 Å². The average Bonchev–Trinajstić information content (AvgIpc) is 2.73. The highest BCUT2D eigenvalue weighted by Crippen LogP contribution is 2.36. The third kappa shape index (κ3) is 2.41. The number of rotatable bonds is 2. The van der Waals surface area contributed by atoms with E-state index in [0.29, 0.717) is 0 Å². The molecule has 0 spiro atoms. The van der Waals surface area contributed by atoms with E-state index >= 15 is 0 Å². The lowest BCUT2D eigenvalue weighted by molar-refractivity contribution is 0.655. The first kappa shape index (κ1) is 15.5. The first-order valence-corrected chi connectivity index (χ1v) is 9.63. The molecular formula is C24H17OP. The van der Waals surface area contributed by atoms with Crippen molar-refractivity contribution in [1.29, 1.82) is 0 Å². The molecular weight excluding hydrogens is 335 g/mol. The first-order chi connectivity index (χ1) is 12.8. The molecule has 1 N–H and O–H groups in total.